The summed E-state index contributed by atoms with van der Waals surface area (Å²) in [5, 5.41) is 2.76. The summed E-state index contributed by atoms with van der Waals surface area (Å²) in [6, 6.07) is 8.34. The van der Waals surface area contributed by atoms with Crippen LogP contribution in [0.4, 0.5) is 0 Å². The van der Waals surface area contributed by atoms with Gasteiger partial charge in [0.05, 0.1) is 12.6 Å². The van der Waals surface area contributed by atoms with Crippen molar-refractivity contribution >= 4 is 13.7 Å². The highest BCUT2D eigenvalue weighted by Gasteiger charge is 2.20. The minimum absolute atomic E-state index is 0.175. The van der Waals surface area contributed by atoms with Crippen molar-refractivity contribution in [3.8, 4) is 0 Å². The molecule has 0 heterocycles. The lowest BCUT2D eigenvalue weighted by molar-refractivity contribution is -0.122. The van der Waals surface area contributed by atoms with Crippen LogP contribution in [0.25, 0.3) is 0 Å². The molecular formula is C15H24NO6P. The Balaban J connectivity index is 2.52. The van der Waals surface area contributed by atoms with Gasteiger partial charge in [-0.05, 0) is 18.4 Å². The molecule has 0 fully saturated rings. The zero-order valence-electron chi connectivity index (χ0n) is 13.2. The van der Waals surface area contributed by atoms with Gasteiger partial charge in [0.1, 0.15) is 0 Å². The predicted octanol–water partition coefficient (Wildman–Crippen LogP) is 2.16. The van der Waals surface area contributed by atoms with E-state index in [0.717, 1.165) is 24.8 Å². The molecular weight excluding hydrogens is 321 g/mol. The molecule has 0 bridgehead atoms. The van der Waals surface area contributed by atoms with Crippen molar-refractivity contribution in [1.82, 2.24) is 5.32 Å². The van der Waals surface area contributed by atoms with Crippen LogP contribution in [-0.2, 0) is 18.6 Å². The zero-order valence-corrected chi connectivity index (χ0v) is 14.1. The number of nitrogens with one attached hydrogen (secondary N) is 1. The zero-order chi connectivity index (χ0) is 17.1. The van der Waals surface area contributed by atoms with Gasteiger partial charge in [-0.25, -0.2) is 4.57 Å². The molecule has 0 unspecified atom stereocenters. The highest BCUT2D eigenvalue weighted by molar-refractivity contribution is 7.46. The van der Waals surface area contributed by atoms with Crippen LogP contribution in [0.2, 0.25) is 0 Å². The summed E-state index contributed by atoms with van der Waals surface area (Å²) in [6.07, 6.45) is 2.86. The summed E-state index contributed by atoms with van der Waals surface area (Å²) in [5.74, 6) is -0.175. The first-order chi connectivity index (χ1) is 10.9. The molecule has 0 aliphatic heterocycles. The van der Waals surface area contributed by atoms with Crippen molar-refractivity contribution in [2.75, 3.05) is 20.3 Å². The Kier molecular flexibility index (Phi) is 9.06. The third kappa shape index (κ3) is 9.48. The second-order valence-electron chi connectivity index (χ2n) is 5.12. The molecule has 0 aliphatic rings. The van der Waals surface area contributed by atoms with Crippen LogP contribution in [0.15, 0.2) is 30.3 Å². The van der Waals surface area contributed by atoms with Gasteiger partial charge in [0.25, 0.3) is 0 Å². The fraction of sp³-hybridized carbons (Fsp3) is 0.533. The van der Waals surface area contributed by atoms with Gasteiger partial charge in [-0.1, -0.05) is 36.8 Å². The van der Waals surface area contributed by atoms with Gasteiger partial charge in [0.15, 0.2) is 0 Å². The van der Waals surface area contributed by atoms with Gasteiger partial charge in [0.2, 0.25) is 5.91 Å². The molecule has 3 N–H and O–H groups in total. The van der Waals surface area contributed by atoms with Gasteiger partial charge in [-0.2, -0.15) is 0 Å². The number of unbranched alkanes of at least 4 members (excludes halogenated alkanes) is 2. The number of phosphoric acid groups is 1. The van der Waals surface area contributed by atoms with Gasteiger partial charge in [-0.3, -0.25) is 9.32 Å². The Bertz CT molecular complexity index is 504. The van der Waals surface area contributed by atoms with Crippen LogP contribution in [0.3, 0.4) is 0 Å². The first-order valence-electron chi connectivity index (χ1n) is 7.45. The van der Waals surface area contributed by atoms with Crippen LogP contribution in [0, 0.1) is 0 Å². The average Bonchev–Trinajstić information content (AvgIpc) is 2.51. The third-order valence-corrected chi connectivity index (χ3v) is 3.68. The molecule has 0 saturated heterocycles. The number of methoxy groups -OCH3 is 1. The van der Waals surface area contributed by atoms with E-state index in [-0.39, 0.29) is 12.5 Å². The lowest BCUT2D eigenvalue weighted by Crippen LogP contribution is -2.31. The third-order valence-electron chi connectivity index (χ3n) is 3.20. The molecule has 0 aliphatic carbocycles. The SMILES string of the molecule is COCCCCCC(=O)N[C@@H](COP(=O)(O)O)c1ccccc1. The maximum atomic E-state index is 12.0. The Morgan fingerprint density at radius 1 is 1.22 bits per heavy atom. The molecule has 1 aromatic carbocycles. The van der Waals surface area contributed by atoms with Crippen LogP contribution in [-0.4, -0.2) is 36.0 Å². The van der Waals surface area contributed by atoms with Crippen molar-refractivity contribution in [2.24, 2.45) is 0 Å². The monoisotopic (exact) mass is 345 g/mol. The normalized spacial score (nSPS) is 12.8. The van der Waals surface area contributed by atoms with Crippen LogP contribution in [0.1, 0.15) is 37.3 Å². The predicted molar refractivity (Wildman–Crippen MR) is 85.7 cm³/mol. The van der Waals surface area contributed by atoms with E-state index in [1.165, 1.54) is 0 Å². The number of ether oxygens (including phenoxy) is 1. The van der Waals surface area contributed by atoms with Gasteiger partial charge < -0.3 is 19.8 Å². The lowest BCUT2D eigenvalue weighted by atomic mass is 10.1. The van der Waals surface area contributed by atoms with E-state index in [2.05, 4.69) is 9.84 Å². The van der Waals surface area contributed by atoms with Crippen LogP contribution >= 0.6 is 7.82 Å². The Morgan fingerprint density at radius 2 is 1.91 bits per heavy atom. The van der Waals surface area contributed by atoms with Crippen molar-refractivity contribution in [1.29, 1.82) is 0 Å². The molecule has 8 heteroatoms. The number of amides is 1. The van der Waals surface area contributed by atoms with E-state index in [9.17, 15) is 9.36 Å². The molecule has 0 radical (unpaired) electrons. The highest BCUT2D eigenvalue weighted by Crippen LogP contribution is 2.37. The number of hydrogen-bond acceptors (Lipinski definition) is 4. The summed E-state index contributed by atoms with van der Waals surface area (Å²) in [4.78, 5) is 29.7. The first-order valence-corrected chi connectivity index (χ1v) is 8.99. The first kappa shape index (κ1) is 19.8. The quantitative estimate of drug-likeness (QED) is 0.419. The van der Waals surface area contributed by atoms with Gasteiger partial charge in [-0.15, -0.1) is 0 Å². The van der Waals surface area contributed by atoms with E-state index in [4.69, 9.17) is 14.5 Å². The minimum atomic E-state index is -4.58. The Labute approximate surface area is 136 Å². The van der Waals surface area contributed by atoms with Crippen LogP contribution in [0.5, 0.6) is 0 Å². The van der Waals surface area contributed by atoms with Crippen LogP contribution < -0.4 is 5.32 Å². The Morgan fingerprint density at radius 3 is 2.52 bits per heavy atom. The maximum Gasteiger partial charge on any atom is 0.469 e. The number of phosphoric ester groups is 1. The molecule has 0 aromatic heterocycles. The molecule has 7 nitrogen and oxygen atoms in total. The van der Waals surface area contributed by atoms with Crippen molar-refractivity contribution < 1.29 is 28.4 Å². The molecule has 130 valence electrons. The lowest BCUT2D eigenvalue weighted by Gasteiger charge is -2.19. The van der Waals surface area contributed by atoms with Crippen molar-refractivity contribution in [3.05, 3.63) is 35.9 Å². The number of benzene rings is 1. The highest BCUT2D eigenvalue weighted by atomic mass is 31.2. The Hall–Kier alpha value is -1.24. The van der Waals surface area contributed by atoms with Crippen molar-refractivity contribution in [3.63, 3.8) is 0 Å². The molecule has 0 saturated carbocycles. The maximum absolute atomic E-state index is 12.0. The summed E-state index contributed by atoms with van der Waals surface area (Å²) < 4.78 is 20.4. The van der Waals surface area contributed by atoms with E-state index in [1.54, 1.807) is 31.4 Å². The smallest absolute Gasteiger partial charge is 0.385 e. The number of carbonyl (C=O) groups is 1. The summed E-state index contributed by atoms with van der Waals surface area (Å²) >= 11 is 0. The van der Waals surface area contributed by atoms with E-state index < -0.39 is 13.9 Å². The summed E-state index contributed by atoms with van der Waals surface area (Å²) in [7, 11) is -2.95. The van der Waals surface area contributed by atoms with Gasteiger partial charge in [0, 0.05) is 20.1 Å². The number of hydrogen-bond donors (Lipinski definition) is 3. The van der Waals surface area contributed by atoms with E-state index in [0.29, 0.717) is 13.0 Å². The van der Waals surface area contributed by atoms with Gasteiger partial charge >= 0.3 is 7.82 Å². The van der Waals surface area contributed by atoms with Crippen molar-refractivity contribution in [2.45, 2.75) is 31.7 Å². The molecule has 23 heavy (non-hydrogen) atoms. The fourth-order valence-electron chi connectivity index (χ4n) is 2.05. The van der Waals surface area contributed by atoms with E-state index in [1.807, 2.05) is 6.07 Å². The standard InChI is InChI=1S/C15H24NO6P/c1-21-11-7-3-6-10-15(17)16-14(12-22-23(18,19)20)13-8-4-2-5-9-13/h2,4-5,8-9,14H,3,6-7,10-12H2,1H3,(H,16,17)(H2,18,19,20)/t14-/m0/s1. The largest absolute Gasteiger partial charge is 0.469 e. The molecule has 1 amide bonds. The number of carbonyl (C=O) groups excluding carboxylic acids is 1. The molecule has 0 spiro atoms. The summed E-state index contributed by atoms with van der Waals surface area (Å²) in [5.41, 5.74) is 0.730. The molecule has 1 rings (SSSR count). The average molecular weight is 345 g/mol. The fourth-order valence-corrected chi connectivity index (χ4v) is 2.40. The second kappa shape index (κ2) is 10.5. The molecule has 1 atom stereocenters. The second-order valence-corrected chi connectivity index (χ2v) is 6.36. The topological polar surface area (TPSA) is 105 Å². The summed E-state index contributed by atoms with van der Waals surface area (Å²) in [6.45, 7) is 0.383. The minimum Gasteiger partial charge on any atom is -0.385 e. The molecule has 1 aromatic rings. The number of rotatable bonds is 11. The van der Waals surface area contributed by atoms with E-state index >= 15 is 0 Å².